The smallest absolute Gasteiger partial charge is 0.340 e. The van der Waals surface area contributed by atoms with Crippen molar-refractivity contribution in [2.45, 2.75) is 33.8 Å². The number of nitrogens with zero attached hydrogens (tertiary/aromatic N) is 1. The molecule has 148 valence electrons. The normalized spacial score (nSPS) is 11.6. The molecule has 9 heteroatoms. The molecule has 0 fully saturated rings. The van der Waals surface area contributed by atoms with Gasteiger partial charge in [-0.3, -0.25) is 14.9 Å². The minimum Gasteiger partial charge on any atom is -0.462 e. The fourth-order valence-corrected chi connectivity index (χ4v) is 2.74. The van der Waals surface area contributed by atoms with Gasteiger partial charge in [0.15, 0.2) is 6.10 Å². The number of carbonyl (C=O) groups excluding carboxylic acids is 3. The molecular weight excluding hydrogens is 368 g/mol. The van der Waals surface area contributed by atoms with Crippen LogP contribution in [0.5, 0.6) is 0 Å². The second-order valence-corrected chi connectivity index (χ2v) is 6.06. The number of aryl methyl sites for hydroxylation is 1. The van der Waals surface area contributed by atoms with Gasteiger partial charge in [0.05, 0.1) is 28.4 Å². The number of ether oxygens (including phenoxy) is 2. The Balaban J connectivity index is 2.20. The van der Waals surface area contributed by atoms with Crippen LogP contribution in [0.15, 0.2) is 24.3 Å². The summed E-state index contributed by atoms with van der Waals surface area (Å²) >= 11 is 0. The first kappa shape index (κ1) is 20.8. The molecule has 2 rings (SSSR count). The van der Waals surface area contributed by atoms with Gasteiger partial charge in [0.25, 0.3) is 5.69 Å². The number of nitro groups is 1. The van der Waals surface area contributed by atoms with Crippen molar-refractivity contribution in [3.63, 3.8) is 0 Å². The summed E-state index contributed by atoms with van der Waals surface area (Å²) in [5, 5.41) is 10.8. The highest BCUT2D eigenvalue weighted by Crippen LogP contribution is 2.22. The number of nitro benzene ring substituents is 1. The van der Waals surface area contributed by atoms with E-state index in [1.165, 1.54) is 25.1 Å². The second kappa shape index (κ2) is 8.47. The van der Waals surface area contributed by atoms with E-state index >= 15 is 0 Å². The van der Waals surface area contributed by atoms with Gasteiger partial charge < -0.3 is 14.5 Å². The first-order chi connectivity index (χ1) is 13.2. The predicted molar refractivity (Wildman–Crippen MR) is 98.5 cm³/mol. The molecule has 28 heavy (non-hydrogen) atoms. The maximum absolute atomic E-state index is 12.7. The second-order valence-electron chi connectivity index (χ2n) is 6.06. The van der Waals surface area contributed by atoms with E-state index in [4.69, 9.17) is 9.47 Å². The van der Waals surface area contributed by atoms with Crippen LogP contribution in [-0.2, 0) is 9.47 Å². The highest BCUT2D eigenvalue weighted by molar-refractivity contribution is 6.04. The molecule has 0 aliphatic heterocycles. The minimum atomic E-state index is -1.17. The van der Waals surface area contributed by atoms with Crippen LogP contribution >= 0.6 is 0 Å². The third-order valence-corrected chi connectivity index (χ3v) is 4.11. The van der Waals surface area contributed by atoms with Gasteiger partial charge in [-0.25, -0.2) is 9.59 Å². The van der Waals surface area contributed by atoms with Crippen molar-refractivity contribution < 1.29 is 28.8 Å². The zero-order chi connectivity index (χ0) is 21.0. The van der Waals surface area contributed by atoms with Crippen molar-refractivity contribution in [1.82, 2.24) is 4.98 Å². The average molecular weight is 388 g/mol. The first-order valence-corrected chi connectivity index (χ1v) is 8.53. The summed E-state index contributed by atoms with van der Waals surface area (Å²) in [5.41, 5.74) is 0.974. The maximum Gasteiger partial charge on any atom is 0.340 e. The Morgan fingerprint density at radius 3 is 2.50 bits per heavy atom. The molecule has 0 saturated heterocycles. The molecule has 0 aliphatic rings. The number of aromatic nitrogens is 1. The number of Topliss-reactive ketones (excluding diaryl/α,β-unsaturated/α-hetero) is 1. The van der Waals surface area contributed by atoms with Crippen molar-refractivity contribution >= 4 is 23.4 Å². The van der Waals surface area contributed by atoms with Crippen LogP contribution in [-0.4, -0.2) is 40.3 Å². The van der Waals surface area contributed by atoms with Gasteiger partial charge in [-0.15, -0.1) is 0 Å². The zero-order valence-corrected chi connectivity index (χ0v) is 15.9. The summed E-state index contributed by atoms with van der Waals surface area (Å²) < 4.78 is 10.1. The molecular formula is C19H20N2O7. The molecule has 2 aromatic rings. The van der Waals surface area contributed by atoms with E-state index in [0.717, 1.165) is 6.07 Å². The molecule has 0 amide bonds. The summed E-state index contributed by atoms with van der Waals surface area (Å²) in [5.74, 6) is -1.94. The SMILES string of the molecule is CCOC(=O)c1c(C)[nH]c(C(=O)[C@H](C)OC(=O)c2cccc([N+](=O)[O-])c2)c1C. The van der Waals surface area contributed by atoms with Gasteiger partial charge in [0.2, 0.25) is 5.78 Å². The Labute approximate surface area is 160 Å². The lowest BCUT2D eigenvalue weighted by atomic mass is 10.1. The standard InChI is InChI=1S/C19H20N2O7/c1-5-27-19(24)15-10(2)16(20-11(15)3)17(22)12(4)28-18(23)13-7-6-8-14(9-13)21(25)26/h6-9,12,20H,5H2,1-4H3/t12-/m0/s1. The Bertz CT molecular complexity index is 946. The third-order valence-electron chi connectivity index (χ3n) is 4.11. The molecule has 0 spiro atoms. The molecule has 1 aromatic carbocycles. The topological polar surface area (TPSA) is 129 Å². The van der Waals surface area contributed by atoms with Crippen LogP contribution in [0.2, 0.25) is 0 Å². The molecule has 0 saturated carbocycles. The lowest BCUT2D eigenvalue weighted by molar-refractivity contribution is -0.384. The Kier molecular flexibility index (Phi) is 6.29. The number of aromatic amines is 1. The lowest BCUT2D eigenvalue weighted by Gasteiger charge is -2.12. The number of ketones is 1. The van der Waals surface area contributed by atoms with E-state index in [1.807, 2.05) is 0 Å². The number of rotatable bonds is 7. The number of H-pyrrole nitrogens is 1. The van der Waals surface area contributed by atoms with E-state index in [9.17, 15) is 24.5 Å². The zero-order valence-electron chi connectivity index (χ0n) is 15.9. The van der Waals surface area contributed by atoms with Crippen LogP contribution < -0.4 is 0 Å². The number of hydrogen-bond acceptors (Lipinski definition) is 7. The van der Waals surface area contributed by atoms with Gasteiger partial charge in [-0.05, 0) is 39.3 Å². The van der Waals surface area contributed by atoms with Crippen LogP contribution in [0.25, 0.3) is 0 Å². The van der Waals surface area contributed by atoms with E-state index in [-0.39, 0.29) is 29.1 Å². The number of nitrogens with one attached hydrogen (secondary N) is 1. The Hall–Kier alpha value is -3.49. The minimum absolute atomic E-state index is 0.0412. The fraction of sp³-hybridized carbons (Fsp3) is 0.316. The molecule has 1 atom stereocenters. The summed E-state index contributed by atoms with van der Waals surface area (Å²) in [6, 6.07) is 5.02. The highest BCUT2D eigenvalue weighted by atomic mass is 16.6. The number of hydrogen-bond donors (Lipinski definition) is 1. The van der Waals surface area contributed by atoms with E-state index < -0.39 is 28.7 Å². The molecule has 0 bridgehead atoms. The summed E-state index contributed by atoms with van der Waals surface area (Å²) in [6.45, 7) is 6.49. The number of non-ortho nitro benzene ring substituents is 1. The largest absolute Gasteiger partial charge is 0.462 e. The summed E-state index contributed by atoms with van der Waals surface area (Å²) in [6.07, 6.45) is -1.17. The quantitative estimate of drug-likeness (QED) is 0.334. The van der Waals surface area contributed by atoms with Crippen molar-refractivity contribution in [3.05, 3.63) is 62.5 Å². The molecule has 0 aliphatic carbocycles. The average Bonchev–Trinajstić information content (AvgIpc) is 2.95. The van der Waals surface area contributed by atoms with Crippen molar-refractivity contribution in [3.8, 4) is 0 Å². The van der Waals surface area contributed by atoms with Gasteiger partial charge in [0.1, 0.15) is 0 Å². The van der Waals surface area contributed by atoms with E-state index in [1.54, 1.807) is 20.8 Å². The van der Waals surface area contributed by atoms with Gasteiger partial charge in [-0.2, -0.15) is 0 Å². The molecule has 1 N–H and O–H groups in total. The van der Waals surface area contributed by atoms with E-state index in [2.05, 4.69) is 4.98 Å². The molecule has 0 unspecified atom stereocenters. The monoisotopic (exact) mass is 388 g/mol. The van der Waals surface area contributed by atoms with Gasteiger partial charge in [-0.1, -0.05) is 6.07 Å². The summed E-state index contributed by atoms with van der Waals surface area (Å²) in [7, 11) is 0. The van der Waals surface area contributed by atoms with Crippen LogP contribution in [0.3, 0.4) is 0 Å². The molecule has 1 aromatic heterocycles. The van der Waals surface area contributed by atoms with Crippen LogP contribution in [0.1, 0.15) is 56.3 Å². The predicted octanol–water partition coefficient (Wildman–Crippen LogP) is 3.14. The molecule has 9 nitrogen and oxygen atoms in total. The number of esters is 2. The number of benzene rings is 1. The first-order valence-electron chi connectivity index (χ1n) is 8.53. The Morgan fingerprint density at radius 2 is 1.89 bits per heavy atom. The number of carbonyl (C=O) groups is 3. The molecule has 1 heterocycles. The van der Waals surface area contributed by atoms with Crippen molar-refractivity contribution in [1.29, 1.82) is 0 Å². The van der Waals surface area contributed by atoms with Crippen molar-refractivity contribution in [2.24, 2.45) is 0 Å². The van der Waals surface area contributed by atoms with Crippen LogP contribution in [0.4, 0.5) is 5.69 Å². The highest BCUT2D eigenvalue weighted by Gasteiger charge is 2.28. The van der Waals surface area contributed by atoms with E-state index in [0.29, 0.717) is 11.3 Å². The Morgan fingerprint density at radius 1 is 1.21 bits per heavy atom. The van der Waals surface area contributed by atoms with Gasteiger partial charge in [0, 0.05) is 17.8 Å². The third kappa shape index (κ3) is 4.25. The van der Waals surface area contributed by atoms with Gasteiger partial charge >= 0.3 is 11.9 Å². The lowest BCUT2D eigenvalue weighted by Crippen LogP contribution is -2.25. The van der Waals surface area contributed by atoms with Crippen molar-refractivity contribution in [2.75, 3.05) is 6.61 Å². The summed E-state index contributed by atoms with van der Waals surface area (Å²) in [4.78, 5) is 50.0. The van der Waals surface area contributed by atoms with Crippen LogP contribution in [0, 0.1) is 24.0 Å². The maximum atomic E-state index is 12.7. The molecule has 0 radical (unpaired) electrons. The fourth-order valence-electron chi connectivity index (χ4n) is 2.74.